The number of rotatable bonds is 41. The summed E-state index contributed by atoms with van der Waals surface area (Å²) < 4.78 is 23.8. The van der Waals surface area contributed by atoms with Crippen LogP contribution in [0.5, 0.6) is 0 Å². The van der Waals surface area contributed by atoms with Gasteiger partial charge in [-0.15, -0.1) is 0 Å². The van der Waals surface area contributed by atoms with Crippen molar-refractivity contribution in [3.8, 4) is 0 Å². The number of hydrogen-bond acceptors (Lipinski definition) is 11. The van der Waals surface area contributed by atoms with E-state index in [9.17, 15) is 44.7 Å². The minimum absolute atomic E-state index is 0.230. The van der Waals surface area contributed by atoms with E-state index >= 15 is 0 Å². The second-order valence-electron chi connectivity index (χ2n) is 18.0. The fourth-order valence-electron chi connectivity index (χ4n) is 8.22. The maximum absolute atomic E-state index is 13.6. The first-order valence-corrected chi connectivity index (χ1v) is 25.6. The number of benzene rings is 1. The van der Waals surface area contributed by atoms with Crippen molar-refractivity contribution in [3.63, 3.8) is 0 Å². The van der Waals surface area contributed by atoms with Crippen molar-refractivity contribution in [1.82, 2.24) is 5.32 Å². The lowest BCUT2D eigenvalue weighted by Crippen LogP contribution is -2.61. The predicted octanol–water partition coefficient (Wildman–Crippen LogP) is 9.45. The van der Waals surface area contributed by atoms with Crippen LogP contribution in [0.25, 0.3) is 0 Å². The number of unbranched alkanes of at least 4 members (excludes halogenated alkanes) is 23. The van der Waals surface area contributed by atoms with Crippen LogP contribution >= 0.6 is 0 Å². The van der Waals surface area contributed by atoms with Crippen molar-refractivity contribution >= 4 is 23.8 Å². The average Bonchev–Trinajstić information content (AvgIpc) is 3.30. The number of ether oxygens (including phenoxy) is 4. The number of allylic oxidation sites excluding steroid dienone is 1. The van der Waals surface area contributed by atoms with E-state index in [-0.39, 0.29) is 18.9 Å². The zero-order chi connectivity index (χ0) is 48.2. The number of aliphatic hydroxyl groups is 3. The van der Waals surface area contributed by atoms with Crippen molar-refractivity contribution < 1.29 is 63.7 Å². The summed E-state index contributed by atoms with van der Waals surface area (Å²) in [7, 11) is 0. The van der Waals surface area contributed by atoms with Gasteiger partial charge < -0.3 is 49.8 Å². The minimum atomic E-state index is -1.78. The molecule has 1 fully saturated rings. The summed E-state index contributed by atoms with van der Waals surface area (Å²) in [4.78, 5) is 50.2. The van der Waals surface area contributed by atoms with Crippen molar-refractivity contribution in [3.05, 3.63) is 48.0 Å². The van der Waals surface area contributed by atoms with Crippen LogP contribution in [-0.2, 0) is 33.3 Å². The third kappa shape index (κ3) is 25.7. The van der Waals surface area contributed by atoms with Crippen LogP contribution in [0.3, 0.4) is 0 Å². The molecule has 378 valence electrons. The van der Waals surface area contributed by atoms with Gasteiger partial charge in [0.05, 0.1) is 24.8 Å². The zero-order valence-electron chi connectivity index (χ0n) is 40.4. The van der Waals surface area contributed by atoms with E-state index in [1.165, 1.54) is 109 Å². The van der Waals surface area contributed by atoms with Gasteiger partial charge in [-0.05, 0) is 43.9 Å². The van der Waals surface area contributed by atoms with Crippen molar-refractivity contribution in [2.45, 2.75) is 230 Å². The van der Waals surface area contributed by atoms with Gasteiger partial charge >= 0.3 is 17.9 Å². The average molecular weight is 934 g/mol. The molecule has 66 heavy (non-hydrogen) atoms. The molecule has 0 unspecified atom stereocenters. The molecule has 7 atom stereocenters. The summed E-state index contributed by atoms with van der Waals surface area (Å²) in [5.41, 5.74) is 0.312. The highest BCUT2D eigenvalue weighted by atomic mass is 16.7. The van der Waals surface area contributed by atoms with Gasteiger partial charge in [-0.1, -0.05) is 179 Å². The van der Waals surface area contributed by atoms with E-state index in [0.717, 1.165) is 38.5 Å². The Bertz CT molecular complexity index is 1430. The van der Waals surface area contributed by atoms with E-state index in [2.05, 4.69) is 19.2 Å². The fourth-order valence-corrected chi connectivity index (χ4v) is 8.22. The highest BCUT2D eigenvalue weighted by Crippen LogP contribution is 2.26. The first kappa shape index (κ1) is 58.7. The number of carboxylic acid groups (broad SMARTS) is 2. The zero-order valence-corrected chi connectivity index (χ0v) is 40.4. The topological polar surface area (TPSA) is 218 Å². The van der Waals surface area contributed by atoms with Gasteiger partial charge in [0.1, 0.15) is 30.5 Å². The number of carboxylic acids is 2. The minimum Gasteiger partial charge on any atom is -0.481 e. The molecular weight excluding hydrogens is 847 g/mol. The molecule has 1 aliphatic heterocycles. The normalized spacial score (nSPS) is 19.5. The van der Waals surface area contributed by atoms with Crippen LogP contribution in [0.4, 0.5) is 0 Å². The third-order valence-corrected chi connectivity index (χ3v) is 12.4. The van der Waals surface area contributed by atoms with Crippen molar-refractivity contribution in [1.29, 1.82) is 0 Å². The maximum atomic E-state index is 13.6. The first-order chi connectivity index (χ1) is 32.0. The standard InChI is InChI=1S/C52H87NO13/c1-3-5-7-9-11-13-15-17-19-21-23-25-30-34-43(65-51(62)40-32-28-27-29-33-40)42(53-45(55)35-31-26-24-22-20-18-16-14-12-10-8-6-4-2)39-64-52-48(47(57)46(56)44(38-54)66-52)63-37-36-41(49(58)59)50(60)61/h27-30,32-34,41-44,46-48,52,54,56-57H,3-26,31,35-39H2,1-2H3,(H,53,55)(H,58,59)(H,60,61)/b34-30+/t42-,43+,44+,46-,47-,48+,52-/m0/s1. The van der Waals surface area contributed by atoms with Crippen LogP contribution in [0.2, 0.25) is 0 Å². The molecule has 1 aromatic rings. The van der Waals surface area contributed by atoms with E-state index in [1.54, 1.807) is 36.4 Å². The quantitative estimate of drug-likeness (QED) is 0.0156. The molecule has 1 saturated heterocycles. The number of carbonyl (C=O) groups is 4. The van der Waals surface area contributed by atoms with Gasteiger partial charge in [-0.25, -0.2) is 4.79 Å². The highest BCUT2D eigenvalue weighted by Gasteiger charge is 2.46. The Balaban J connectivity index is 2.19. The van der Waals surface area contributed by atoms with Crippen LogP contribution in [-0.4, -0.2) is 112 Å². The first-order valence-electron chi connectivity index (χ1n) is 25.6. The number of hydrogen-bond donors (Lipinski definition) is 6. The fraction of sp³-hybridized carbons (Fsp3) is 0.769. The number of esters is 1. The summed E-state index contributed by atoms with van der Waals surface area (Å²) in [6, 6.07) is 7.52. The molecule has 0 bridgehead atoms. The van der Waals surface area contributed by atoms with E-state index in [4.69, 9.17) is 18.9 Å². The van der Waals surface area contributed by atoms with Gasteiger partial charge in [0.15, 0.2) is 12.2 Å². The lowest BCUT2D eigenvalue weighted by atomic mass is 9.99. The van der Waals surface area contributed by atoms with Gasteiger partial charge in [0.25, 0.3) is 0 Å². The molecule has 14 nitrogen and oxygen atoms in total. The lowest BCUT2D eigenvalue weighted by Gasteiger charge is -2.42. The largest absolute Gasteiger partial charge is 0.481 e. The van der Waals surface area contributed by atoms with Crippen LogP contribution in [0, 0.1) is 5.92 Å². The van der Waals surface area contributed by atoms with Crippen molar-refractivity contribution in [2.75, 3.05) is 19.8 Å². The molecule has 0 spiro atoms. The molecule has 1 heterocycles. The lowest BCUT2D eigenvalue weighted by molar-refractivity contribution is -0.311. The number of nitrogens with one attached hydrogen (secondary N) is 1. The Morgan fingerprint density at radius 1 is 0.682 bits per heavy atom. The number of aliphatic carboxylic acids is 2. The van der Waals surface area contributed by atoms with Gasteiger partial charge in [-0.3, -0.25) is 14.4 Å². The van der Waals surface area contributed by atoms with Crippen molar-refractivity contribution in [2.24, 2.45) is 5.92 Å². The van der Waals surface area contributed by atoms with E-state index < -0.39 is 86.3 Å². The summed E-state index contributed by atoms with van der Waals surface area (Å²) >= 11 is 0. The molecule has 0 aliphatic carbocycles. The third-order valence-electron chi connectivity index (χ3n) is 12.4. The molecule has 14 heteroatoms. The number of amides is 1. The van der Waals surface area contributed by atoms with E-state index in [0.29, 0.717) is 18.4 Å². The Morgan fingerprint density at radius 3 is 1.68 bits per heavy atom. The Hall–Kier alpha value is -3.40. The van der Waals surface area contributed by atoms with Gasteiger partial charge in [0, 0.05) is 13.0 Å². The number of aliphatic hydroxyl groups excluding tert-OH is 3. The summed E-state index contributed by atoms with van der Waals surface area (Å²) in [6.45, 7) is 2.98. The van der Waals surface area contributed by atoms with Gasteiger partial charge in [0.2, 0.25) is 5.91 Å². The van der Waals surface area contributed by atoms with Gasteiger partial charge in [-0.2, -0.15) is 0 Å². The van der Waals surface area contributed by atoms with Crippen LogP contribution in [0.15, 0.2) is 42.5 Å². The second-order valence-corrected chi connectivity index (χ2v) is 18.0. The van der Waals surface area contributed by atoms with Crippen LogP contribution in [0.1, 0.15) is 198 Å². The molecule has 6 N–H and O–H groups in total. The van der Waals surface area contributed by atoms with Crippen LogP contribution < -0.4 is 5.32 Å². The molecule has 1 aromatic carbocycles. The molecular formula is C52H87NO13. The Kier molecular flexibility index (Phi) is 33.4. The predicted molar refractivity (Wildman–Crippen MR) is 255 cm³/mol. The Morgan fingerprint density at radius 2 is 1.18 bits per heavy atom. The summed E-state index contributed by atoms with van der Waals surface area (Å²) in [5.74, 6) is -5.81. The highest BCUT2D eigenvalue weighted by molar-refractivity contribution is 5.92. The molecule has 0 radical (unpaired) electrons. The molecule has 1 amide bonds. The SMILES string of the molecule is CCCCCCCCCCCCC/C=C/[C@@H](OC(=O)c1ccccc1)[C@H](CO[C@H]1O[C@H](CO)[C@H](O)[C@H](O)[C@H]1OCCC(C(=O)O)C(=O)O)NC(=O)CCCCCCCCCCCCCCC. The maximum Gasteiger partial charge on any atom is 0.338 e. The van der Waals surface area contributed by atoms with E-state index in [1.807, 2.05) is 6.08 Å². The Labute approximate surface area is 395 Å². The molecule has 1 aliphatic rings. The smallest absolute Gasteiger partial charge is 0.338 e. The molecule has 0 aromatic heterocycles. The second kappa shape index (κ2) is 37.6. The molecule has 0 saturated carbocycles. The summed E-state index contributed by atoms with van der Waals surface area (Å²) in [6.07, 6.45) is 24.1. The number of carbonyl (C=O) groups excluding carboxylic acids is 2. The molecule has 2 rings (SSSR count). The summed E-state index contributed by atoms with van der Waals surface area (Å²) in [5, 5.41) is 53.4. The monoisotopic (exact) mass is 934 g/mol.